The number of ether oxygens (including phenoxy) is 1. The number of carboxylic acid groups (broad SMARTS) is 1. The molecule has 1 saturated heterocycles. The Balaban J connectivity index is 2.60. The van der Waals surface area contributed by atoms with Crippen LogP contribution in [0.4, 0.5) is 4.79 Å². The summed E-state index contributed by atoms with van der Waals surface area (Å²) in [5.41, 5.74) is 5.12. The molecule has 0 bridgehead atoms. The number of amides is 1. The van der Waals surface area contributed by atoms with E-state index in [4.69, 9.17) is 15.6 Å². The molecule has 0 aromatic heterocycles. The summed E-state index contributed by atoms with van der Waals surface area (Å²) in [7, 11) is 0. The van der Waals surface area contributed by atoms with E-state index >= 15 is 0 Å². The largest absolute Gasteiger partial charge is 0.480 e. The Labute approximate surface area is 113 Å². The molecule has 0 aromatic carbocycles. The average molecular weight is 272 g/mol. The van der Waals surface area contributed by atoms with Gasteiger partial charge in [0, 0.05) is 12.6 Å². The van der Waals surface area contributed by atoms with E-state index in [0.29, 0.717) is 19.4 Å². The number of carboxylic acids is 1. The van der Waals surface area contributed by atoms with E-state index in [2.05, 4.69) is 0 Å². The van der Waals surface area contributed by atoms with Crippen LogP contribution in [0.25, 0.3) is 0 Å². The van der Waals surface area contributed by atoms with Crippen LogP contribution < -0.4 is 5.73 Å². The lowest BCUT2D eigenvalue weighted by Crippen LogP contribution is -2.51. The Morgan fingerprint density at radius 3 is 2.42 bits per heavy atom. The number of nitrogens with zero attached hydrogens (tertiary/aromatic N) is 1. The third-order valence-electron chi connectivity index (χ3n) is 3.34. The molecule has 3 N–H and O–H groups in total. The Morgan fingerprint density at radius 1 is 1.42 bits per heavy atom. The highest BCUT2D eigenvalue weighted by Gasteiger charge is 2.35. The van der Waals surface area contributed by atoms with Crippen LogP contribution in [0, 0.1) is 5.92 Å². The third-order valence-corrected chi connectivity index (χ3v) is 3.34. The number of aliphatic carboxylic acids is 1. The Morgan fingerprint density at radius 2 is 2.00 bits per heavy atom. The molecule has 1 aliphatic rings. The van der Waals surface area contributed by atoms with Crippen LogP contribution in [0.15, 0.2) is 0 Å². The van der Waals surface area contributed by atoms with E-state index in [9.17, 15) is 9.59 Å². The summed E-state index contributed by atoms with van der Waals surface area (Å²) in [5.74, 6) is -1.07. The van der Waals surface area contributed by atoms with Crippen molar-refractivity contribution in [1.82, 2.24) is 4.90 Å². The first-order valence-electron chi connectivity index (χ1n) is 6.60. The number of piperidine rings is 1. The quantitative estimate of drug-likeness (QED) is 0.793. The van der Waals surface area contributed by atoms with Crippen molar-refractivity contribution >= 4 is 12.1 Å². The lowest BCUT2D eigenvalue weighted by molar-refractivity contribution is -0.140. The zero-order valence-corrected chi connectivity index (χ0v) is 12.0. The molecule has 0 saturated carbocycles. The molecule has 1 heterocycles. The normalized spacial score (nSPS) is 25.8. The summed E-state index contributed by atoms with van der Waals surface area (Å²) >= 11 is 0. The van der Waals surface area contributed by atoms with Crippen molar-refractivity contribution in [3.05, 3.63) is 0 Å². The maximum atomic E-state index is 12.0. The molecule has 0 spiro atoms. The standard InChI is InChI=1S/C13H24N2O4/c1-8-7-9(10(14)11(16)17)5-6-15(8)12(18)19-13(2,3)4/h8-10H,5-7,14H2,1-4H3,(H,16,17)/t8?,9?,10-/m1/s1. The van der Waals surface area contributed by atoms with E-state index in [-0.39, 0.29) is 18.1 Å². The molecule has 1 amide bonds. The van der Waals surface area contributed by atoms with Gasteiger partial charge in [-0.05, 0) is 46.5 Å². The van der Waals surface area contributed by atoms with Crippen LogP contribution >= 0.6 is 0 Å². The zero-order chi connectivity index (χ0) is 14.8. The number of rotatable bonds is 2. The minimum Gasteiger partial charge on any atom is -0.480 e. The predicted octanol–water partition coefficient (Wildman–Crippen LogP) is 1.43. The highest BCUT2D eigenvalue weighted by Crippen LogP contribution is 2.26. The fourth-order valence-electron chi connectivity index (χ4n) is 2.33. The fourth-order valence-corrected chi connectivity index (χ4v) is 2.33. The molecular formula is C13H24N2O4. The fraction of sp³-hybridized carbons (Fsp3) is 0.846. The highest BCUT2D eigenvalue weighted by atomic mass is 16.6. The van der Waals surface area contributed by atoms with Gasteiger partial charge in [-0.2, -0.15) is 0 Å². The van der Waals surface area contributed by atoms with Crippen molar-refractivity contribution in [3.63, 3.8) is 0 Å². The first-order chi connectivity index (χ1) is 8.61. The molecule has 110 valence electrons. The number of likely N-dealkylation sites (tertiary alicyclic amines) is 1. The smallest absolute Gasteiger partial charge is 0.410 e. The van der Waals surface area contributed by atoms with Crippen LogP contribution in [0.5, 0.6) is 0 Å². The molecular weight excluding hydrogens is 248 g/mol. The summed E-state index contributed by atoms with van der Waals surface area (Å²) < 4.78 is 5.33. The summed E-state index contributed by atoms with van der Waals surface area (Å²) in [6, 6.07) is -0.915. The van der Waals surface area contributed by atoms with E-state index in [1.807, 2.05) is 27.7 Å². The van der Waals surface area contributed by atoms with Crippen LogP contribution in [0.3, 0.4) is 0 Å². The first-order valence-corrected chi connectivity index (χ1v) is 6.60. The van der Waals surface area contributed by atoms with Crippen LogP contribution in [-0.4, -0.2) is 46.3 Å². The number of nitrogens with two attached hydrogens (primary N) is 1. The monoisotopic (exact) mass is 272 g/mol. The van der Waals surface area contributed by atoms with Crippen LogP contribution in [0.2, 0.25) is 0 Å². The van der Waals surface area contributed by atoms with Gasteiger partial charge in [0.2, 0.25) is 0 Å². The summed E-state index contributed by atoms with van der Waals surface area (Å²) in [4.78, 5) is 24.5. The molecule has 1 fully saturated rings. The highest BCUT2D eigenvalue weighted by molar-refractivity contribution is 5.73. The maximum Gasteiger partial charge on any atom is 0.410 e. The van der Waals surface area contributed by atoms with Gasteiger partial charge >= 0.3 is 12.1 Å². The maximum absolute atomic E-state index is 12.0. The van der Waals surface area contributed by atoms with Gasteiger partial charge in [-0.3, -0.25) is 4.79 Å². The Hall–Kier alpha value is -1.30. The van der Waals surface area contributed by atoms with Crippen LogP contribution in [-0.2, 0) is 9.53 Å². The van der Waals surface area contributed by atoms with Crippen molar-refractivity contribution in [1.29, 1.82) is 0 Å². The lowest BCUT2D eigenvalue weighted by atomic mass is 9.86. The SMILES string of the molecule is CC1CC([C@@H](N)C(=O)O)CCN1C(=O)OC(C)(C)C. The Kier molecular flexibility index (Phi) is 4.79. The van der Waals surface area contributed by atoms with Gasteiger partial charge in [-0.25, -0.2) is 4.79 Å². The van der Waals surface area contributed by atoms with E-state index < -0.39 is 17.6 Å². The minimum absolute atomic E-state index is 0.0565. The van der Waals surface area contributed by atoms with Crippen LogP contribution in [0.1, 0.15) is 40.5 Å². The van der Waals surface area contributed by atoms with Crippen molar-refractivity contribution in [2.75, 3.05) is 6.54 Å². The van der Waals surface area contributed by atoms with Gasteiger partial charge in [0.05, 0.1) is 0 Å². The molecule has 3 atom stereocenters. The van der Waals surface area contributed by atoms with Gasteiger partial charge in [-0.15, -0.1) is 0 Å². The molecule has 19 heavy (non-hydrogen) atoms. The van der Waals surface area contributed by atoms with Crippen molar-refractivity contribution in [2.24, 2.45) is 11.7 Å². The summed E-state index contributed by atoms with van der Waals surface area (Å²) in [6.45, 7) is 7.85. The molecule has 6 nitrogen and oxygen atoms in total. The first kappa shape index (κ1) is 15.8. The average Bonchev–Trinajstić information content (AvgIpc) is 2.25. The van der Waals surface area contributed by atoms with E-state index in [1.54, 1.807) is 4.90 Å². The molecule has 0 radical (unpaired) electrons. The zero-order valence-electron chi connectivity index (χ0n) is 12.0. The van der Waals surface area contributed by atoms with Crippen molar-refractivity contribution in [2.45, 2.75) is 58.2 Å². The third kappa shape index (κ3) is 4.38. The van der Waals surface area contributed by atoms with Crippen molar-refractivity contribution < 1.29 is 19.4 Å². The second-order valence-electron chi connectivity index (χ2n) is 6.17. The summed E-state index contributed by atoms with van der Waals surface area (Å²) in [5, 5.41) is 8.92. The van der Waals surface area contributed by atoms with Gasteiger partial charge in [-0.1, -0.05) is 0 Å². The van der Waals surface area contributed by atoms with E-state index in [1.165, 1.54) is 0 Å². The Bertz CT molecular complexity index is 351. The van der Waals surface area contributed by atoms with Gasteiger partial charge < -0.3 is 20.5 Å². The van der Waals surface area contributed by atoms with Gasteiger partial charge in [0.15, 0.2) is 0 Å². The molecule has 2 unspecified atom stereocenters. The number of carbonyl (C=O) groups is 2. The van der Waals surface area contributed by atoms with E-state index in [0.717, 1.165) is 0 Å². The molecule has 0 aliphatic carbocycles. The topological polar surface area (TPSA) is 92.9 Å². The lowest BCUT2D eigenvalue weighted by Gasteiger charge is -2.39. The minimum atomic E-state index is -0.983. The number of hydrogen-bond donors (Lipinski definition) is 2. The predicted molar refractivity (Wildman–Crippen MR) is 70.7 cm³/mol. The van der Waals surface area contributed by atoms with Gasteiger partial charge in [0.1, 0.15) is 11.6 Å². The second kappa shape index (κ2) is 5.77. The van der Waals surface area contributed by atoms with Crippen molar-refractivity contribution in [3.8, 4) is 0 Å². The number of carbonyl (C=O) groups excluding carboxylic acids is 1. The summed E-state index contributed by atoms with van der Waals surface area (Å²) in [6.07, 6.45) is 0.839. The molecule has 6 heteroatoms. The molecule has 1 aliphatic heterocycles. The number of hydrogen-bond acceptors (Lipinski definition) is 4. The van der Waals surface area contributed by atoms with Gasteiger partial charge in [0.25, 0.3) is 0 Å². The second-order valence-corrected chi connectivity index (χ2v) is 6.17. The molecule has 1 rings (SSSR count). The molecule has 0 aromatic rings.